The minimum atomic E-state index is 0.158. The van der Waals surface area contributed by atoms with Crippen molar-refractivity contribution >= 4 is 40.4 Å². The quantitative estimate of drug-likeness (QED) is 0.874. The van der Waals surface area contributed by atoms with Crippen molar-refractivity contribution in [3.8, 4) is 0 Å². The first kappa shape index (κ1) is 12.9. The van der Waals surface area contributed by atoms with Crippen LogP contribution in [0.1, 0.15) is 0 Å². The summed E-state index contributed by atoms with van der Waals surface area (Å²) >= 11 is 11.7. The molecule has 1 heterocycles. The number of aromatic nitrogens is 2. The normalized spacial score (nSPS) is 10.2. The zero-order valence-electron chi connectivity index (χ0n) is 9.98. The summed E-state index contributed by atoms with van der Waals surface area (Å²) < 4.78 is 0. The van der Waals surface area contributed by atoms with Gasteiger partial charge in [-0.25, -0.2) is 4.98 Å². The molecule has 4 nitrogen and oxygen atoms in total. The van der Waals surface area contributed by atoms with Gasteiger partial charge in [-0.2, -0.15) is 4.98 Å². The zero-order chi connectivity index (χ0) is 13.1. The van der Waals surface area contributed by atoms with Crippen molar-refractivity contribution in [2.45, 2.75) is 0 Å². The van der Waals surface area contributed by atoms with Gasteiger partial charge in [-0.1, -0.05) is 17.7 Å². The number of benzene rings is 1. The zero-order valence-corrected chi connectivity index (χ0v) is 11.5. The predicted molar refractivity (Wildman–Crippen MR) is 76.1 cm³/mol. The summed E-state index contributed by atoms with van der Waals surface area (Å²) in [6.07, 6.45) is 1.47. The third-order valence-corrected chi connectivity index (χ3v) is 2.80. The monoisotopic (exact) mass is 282 g/mol. The van der Waals surface area contributed by atoms with E-state index in [1.807, 2.05) is 43.3 Å². The van der Waals surface area contributed by atoms with Crippen LogP contribution < -0.4 is 10.2 Å². The van der Waals surface area contributed by atoms with Crippen LogP contribution in [-0.2, 0) is 0 Å². The number of nitrogens with one attached hydrogen (secondary N) is 1. The molecule has 1 aromatic carbocycles. The molecule has 0 saturated carbocycles. The second kappa shape index (κ2) is 5.42. The molecule has 0 saturated heterocycles. The first-order valence-electron chi connectivity index (χ1n) is 5.29. The lowest BCUT2D eigenvalue weighted by Crippen LogP contribution is -2.08. The number of rotatable bonds is 3. The summed E-state index contributed by atoms with van der Waals surface area (Å²) in [6, 6.07) is 7.89. The van der Waals surface area contributed by atoms with Gasteiger partial charge in [0, 0.05) is 25.5 Å². The molecular formula is C12H12Cl2N4. The molecule has 18 heavy (non-hydrogen) atoms. The summed E-state index contributed by atoms with van der Waals surface area (Å²) in [5, 5.41) is 3.70. The summed E-state index contributed by atoms with van der Waals surface area (Å²) in [7, 11) is 3.96. The van der Waals surface area contributed by atoms with Crippen molar-refractivity contribution in [3.63, 3.8) is 0 Å². The molecule has 1 aromatic heterocycles. The molecule has 6 heteroatoms. The fourth-order valence-electron chi connectivity index (χ4n) is 1.43. The van der Waals surface area contributed by atoms with Crippen molar-refractivity contribution in [1.82, 2.24) is 9.97 Å². The van der Waals surface area contributed by atoms with Crippen LogP contribution in [0.25, 0.3) is 0 Å². The van der Waals surface area contributed by atoms with E-state index in [1.54, 1.807) is 0 Å². The van der Waals surface area contributed by atoms with E-state index in [4.69, 9.17) is 23.2 Å². The summed E-state index contributed by atoms with van der Waals surface area (Å²) in [5.41, 5.74) is 1.97. The highest BCUT2D eigenvalue weighted by Crippen LogP contribution is 2.25. The Labute approximate surface area is 116 Å². The number of halogens is 2. The SMILES string of the molecule is CN(C)c1cccc(Nc2nc(Cl)ncc2Cl)c1. The highest BCUT2D eigenvalue weighted by atomic mass is 35.5. The second-order valence-electron chi connectivity index (χ2n) is 3.91. The van der Waals surface area contributed by atoms with Crippen LogP contribution in [0, 0.1) is 0 Å². The van der Waals surface area contributed by atoms with Gasteiger partial charge in [0.1, 0.15) is 5.02 Å². The maximum Gasteiger partial charge on any atom is 0.224 e. The van der Waals surface area contributed by atoms with Gasteiger partial charge in [0.2, 0.25) is 5.28 Å². The Morgan fingerprint density at radius 2 is 2.00 bits per heavy atom. The maximum absolute atomic E-state index is 5.99. The van der Waals surface area contributed by atoms with Crippen LogP contribution in [0.5, 0.6) is 0 Å². The molecule has 0 aliphatic heterocycles. The lowest BCUT2D eigenvalue weighted by atomic mass is 10.2. The van der Waals surface area contributed by atoms with Gasteiger partial charge in [-0.15, -0.1) is 0 Å². The molecule has 0 fully saturated rings. The molecule has 0 aliphatic rings. The Morgan fingerprint density at radius 3 is 2.72 bits per heavy atom. The Morgan fingerprint density at radius 1 is 1.22 bits per heavy atom. The first-order chi connectivity index (χ1) is 8.56. The number of hydrogen-bond donors (Lipinski definition) is 1. The third kappa shape index (κ3) is 3.03. The number of hydrogen-bond acceptors (Lipinski definition) is 4. The topological polar surface area (TPSA) is 41.0 Å². The van der Waals surface area contributed by atoms with E-state index in [0.717, 1.165) is 11.4 Å². The van der Waals surface area contributed by atoms with E-state index in [-0.39, 0.29) is 5.28 Å². The van der Waals surface area contributed by atoms with Crippen LogP contribution in [0.4, 0.5) is 17.2 Å². The average Bonchev–Trinajstić information content (AvgIpc) is 2.34. The van der Waals surface area contributed by atoms with Crippen LogP contribution in [0.15, 0.2) is 30.5 Å². The number of nitrogens with zero attached hydrogens (tertiary/aromatic N) is 3. The number of anilines is 3. The molecule has 2 aromatic rings. The fourth-order valence-corrected chi connectivity index (χ4v) is 1.70. The maximum atomic E-state index is 5.99. The summed E-state index contributed by atoms with van der Waals surface area (Å²) in [6.45, 7) is 0. The lowest BCUT2D eigenvalue weighted by molar-refractivity contribution is 1.13. The van der Waals surface area contributed by atoms with Gasteiger partial charge in [0.05, 0.1) is 6.20 Å². The Balaban J connectivity index is 2.28. The van der Waals surface area contributed by atoms with E-state index in [1.165, 1.54) is 6.20 Å². The van der Waals surface area contributed by atoms with E-state index in [9.17, 15) is 0 Å². The Bertz CT molecular complexity index is 558. The smallest absolute Gasteiger partial charge is 0.224 e. The fraction of sp³-hybridized carbons (Fsp3) is 0.167. The van der Waals surface area contributed by atoms with E-state index >= 15 is 0 Å². The molecule has 2 rings (SSSR count). The molecule has 0 atom stereocenters. The largest absolute Gasteiger partial charge is 0.378 e. The van der Waals surface area contributed by atoms with Crippen LogP contribution in [-0.4, -0.2) is 24.1 Å². The minimum absolute atomic E-state index is 0.158. The van der Waals surface area contributed by atoms with Gasteiger partial charge >= 0.3 is 0 Å². The highest BCUT2D eigenvalue weighted by Gasteiger charge is 2.05. The van der Waals surface area contributed by atoms with E-state index in [0.29, 0.717) is 10.8 Å². The van der Waals surface area contributed by atoms with Gasteiger partial charge in [-0.05, 0) is 29.8 Å². The third-order valence-electron chi connectivity index (χ3n) is 2.34. The predicted octanol–water partition coefficient (Wildman–Crippen LogP) is 3.59. The van der Waals surface area contributed by atoms with Gasteiger partial charge in [-0.3, -0.25) is 0 Å². The first-order valence-corrected chi connectivity index (χ1v) is 6.04. The van der Waals surface area contributed by atoms with Crippen molar-refractivity contribution in [1.29, 1.82) is 0 Å². The van der Waals surface area contributed by atoms with E-state index < -0.39 is 0 Å². The van der Waals surface area contributed by atoms with Crippen molar-refractivity contribution in [2.75, 3.05) is 24.3 Å². The molecule has 1 N–H and O–H groups in total. The molecule has 0 amide bonds. The van der Waals surface area contributed by atoms with Crippen molar-refractivity contribution in [2.24, 2.45) is 0 Å². The standard InChI is InChI=1S/C12H12Cl2N4/c1-18(2)9-5-3-4-8(6-9)16-11-10(13)7-15-12(14)17-11/h3-7H,1-2H3,(H,15,16,17). The van der Waals surface area contributed by atoms with Gasteiger partial charge in [0.15, 0.2) is 5.82 Å². The molecule has 0 unspecified atom stereocenters. The van der Waals surface area contributed by atoms with Gasteiger partial charge in [0.25, 0.3) is 0 Å². The molecule has 0 spiro atoms. The molecule has 0 aliphatic carbocycles. The van der Waals surface area contributed by atoms with E-state index in [2.05, 4.69) is 15.3 Å². The Hall–Kier alpha value is -1.52. The van der Waals surface area contributed by atoms with Gasteiger partial charge < -0.3 is 10.2 Å². The van der Waals surface area contributed by atoms with Crippen molar-refractivity contribution in [3.05, 3.63) is 40.8 Å². The van der Waals surface area contributed by atoms with Crippen LogP contribution in [0.3, 0.4) is 0 Å². The lowest BCUT2D eigenvalue weighted by Gasteiger charge is -2.14. The molecule has 0 radical (unpaired) electrons. The minimum Gasteiger partial charge on any atom is -0.378 e. The van der Waals surface area contributed by atoms with Crippen LogP contribution in [0.2, 0.25) is 10.3 Å². The molecular weight excluding hydrogens is 271 g/mol. The molecule has 94 valence electrons. The second-order valence-corrected chi connectivity index (χ2v) is 4.65. The van der Waals surface area contributed by atoms with Crippen molar-refractivity contribution < 1.29 is 0 Å². The molecule has 0 bridgehead atoms. The summed E-state index contributed by atoms with van der Waals surface area (Å²) in [4.78, 5) is 9.85. The average molecular weight is 283 g/mol. The van der Waals surface area contributed by atoms with Crippen LogP contribution >= 0.6 is 23.2 Å². The Kier molecular flexibility index (Phi) is 3.89. The summed E-state index contributed by atoms with van der Waals surface area (Å²) in [5.74, 6) is 0.493. The highest BCUT2D eigenvalue weighted by molar-refractivity contribution is 6.33.